The Labute approximate surface area is 266 Å². The minimum absolute atomic E-state index is 0.127. The van der Waals surface area contributed by atoms with Crippen molar-refractivity contribution >= 4 is 29.0 Å². The Kier molecular flexibility index (Phi) is 11.0. The molecule has 1 heterocycles. The summed E-state index contributed by atoms with van der Waals surface area (Å²) in [6.07, 6.45) is -11.2. The third kappa shape index (κ3) is 8.58. The molecule has 246 valence electrons. The number of methoxy groups -OCH3 is 1. The van der Waals surface area contributed by atoms with Crippen molar-refractivity contribution in [1.82, 2.24) is 25.6 Å². The topological polar surface area (TPSA) is 118 Å². The second-order valence-electron chi connectivity index (χ2n) is 10.2. The maximum absolute atomic E-state index is 13.3. The van der Waals surface area contributed by atoms with E-state index >= 15 is 0 Å². The maximum atomic E-state index is 13.3. The maximum Gasteiger partial charge on any atom is 0.499 e. The highest BCUT2D eigenvalue weighted by atomic mass is 32.1. The first kappa shape index (κ1) is 34.3. The zero-order chi connectivity index (χ0) is 33.5. The highest BCUT2D eigenvalue weighted by Crippen LogP contribution is 2.37. The van der Waals surface area contributed by atoms with Gasteiger partial charge in [-0.25, -0.2) is 5.43 Å². The smallest absolute Gasteiger partial charge is 0.497 e. The fourth-order valence-electron chi connectivity index (χ4n) is 4.18. The van der Waals surface area contributed by atoms with Gasteiger partial charge in [-0.15, -0.1) is 5.10 Å². The number of hydrazine groups is 1. The molecule has 4 rings (SSSR count). The van der Waals surface area contributed by atoms with Gasteiger partial charge < -0.3 is 25.2 Å². The third-order valence-electron chi connectivity index (χ3n) is 6.50. The van der Waals surface area contributed by atoms with Crippen molar-refractivity contribution in [2.75, 3.05) is 30.9 Å². The molecule has 0 amide bonds. The van der Waals surface area contributed by atoms with Crippen LogP contribution in [0.25, 0.3) is 17.1 Å². The van der Waals surface area contributed by atoms with Crippen LogP contribution < -0.4 is 31.0 Å². The number of aromatic nitrogens is 3. The van der Waals surface area contributed by atoms with E-state index in [1.54, 1.807) is 19.2 Å². The van der Waals surface area contributed by atoms with E-state index in [-0.39, 0.29) is 25.0 Å². The number of ether oxygens (including phenoxy) is 2. The van der Waals surface area contributed by atoms with Crippen LogP contribution in [0.4, 0.5) is 33.6 Å². The number of hydrogen-bond acceptors (Lipinski definition) is 8. The molecule has 46 heavy (non-hydrogen) atoms. The van der Waals surface area contributed by atoms with Crippen LogP contribution in [0.2, 0.25) is 0 Å². The number of rotatable bonds is 13. The quantitative estimate of drug-likeness (QED) is 0.0662. The van der Waals surface area contributed by atoms with Crippen molar-refractivity contribution in [3.63, 3.8) is 0 Å². The Morgan fingerprint density at radius 1 is 0.978 bits per heavy atom. The summed E-state index contributed by atoms with van der Waals surface area (Å²) in [4.78, 5) is 4.46. The minimum Gasteiger partial charge on any atom is -0.497 e. The van der Waals surface area contributed by atoms with Gasteiger partial charge in [-0.2, -0.15) is 31.6 Å². The Morgan fingerprint density at radius 2 is 1.65 bits per heavy atom. The molecule has 0 bridgehead atoms. The molecule has 0 aliphatic heterocycles. The Hall–Kier alpha value is -4.54. The molecule has 0 aliphatic carbocycles. The van der Waals surface area contributed by atoms with Crippen molar-refractivity contribution < 1.29 is 36.5 Å². The number of anilines is 2. The van der Waals surface area contributed by atoms with E-state index in [9.17, 15) is 27.1 Å². The molecule has 4 aromatic rings. The first-order chi connectivity index (χ1) is 21.8. The summed E-state index contributed by atoms with van der Waals surface area (Å²) in [5.74, 6) is 0.801. The van der Waals surface area contributed by atoms with Gasteiger partial charge in [0, 0.05) is 30.4 Å². The van der Waals surface area contributed by atoms with E-state index in [2.05, 4.69) is 50.2 Å². The molecule has 0 spiro atoms. The number of aliphatic hydroxyl groups is 1. The van der Waals surface area contributed by atoms with Gasteiger partial charge in [0.1, 0.15) is 11.5 Å². The lowest BCUT2D eigenvalue weighted by atomic mass is 10.0. The van der Waals surface area contributed by atoms with Crippen molar-refractivity contribution in [2.24, 2.45) is 0 Å². The third-order valence-corrected chi connectivity index (χ3v) is 6.70. The molecular weight excluding hydrogens is 633 g/mol. The Bertz CT molecular complexity index is 1610. The highest BCUT2D eigenvalue weighted by molar-refractivity contribution is 7.80. The van der Waals surface area contributed by atoms with Crippen molar-refractivity contribution in [1.29, 1.82) is 0 Å². The summed E-state index contributed by atoms with van der Waals surface area (Å²) in [6, 6.07) is 17.5. The Morgan fingerprint density at radius 3 is 2.26 bits per heavy atom. The molecule has 0 fully saturated rings. The monoisotopic (exact) mass is 665 g/mol. The van der Waals surface area contributed by atoms with E-state index in [0.29, 0.717) is 34.5 Å². The summed E-state index contributed by atoms with van der Waals surface area (Å²) in [5, 5.41) is 20.2. The lowest BCUT2D eigenvalue weighted by molar-refractivity contribution is -0.360. The van der Waals surface area contributed by atoms with Gasteiger partial charge in [-0.3, -0.25) is 5.43 Å². The van der Waals surface area contributed by atoms with Gasteiger partial charge in [0.05, 0.1) is 19.4 Å². The normalized spacial score (nSPS) is 11.8. The van der Waals surface area contributed by atoms with Crippen LogP contribution >= 0.6 is 12.2 Å². The molecule has 3 aromatic carbocycles. The van der Waals surface area contributed by atoms with E-state index in [4.69, 9.17) is 17.0 Å². The predicted octanol–water partition coefficient (Wildman–Crippen LogP) is 6.00. The van der Waals surface area contributed by atoms with Crippen LogP contribution in [0.5, 0.6) is 11.5 Å². The standard InChI is InChI=1S/C30H32F5N7O3S/c1-18(2)24-13-12-23(44-3)16-25(24)38-28(46)40-37-17-19-4-6-20(7-5-19)26-39-27(36-14-15-43)42(41-26)21-8-10-22(11-9-21)45-30(34,35)29(31,32)33/h4-13,16,18,37,43H,14-15,17H2,1-3H3,(H,36,39,41)(H2,38,40,46). The predicted molar refractivity (Wildman–Crippen MR) is 167 cm³/mol. The van der Waals surface area contributed by atoms with E-state index in [0.717, 1.165) is 28.9 Å². The molecule has 5 N–H and O–H groups in total. The summed E-state index contributed by atoms with van der Waals surface area (Å²) >= 11 is 5.44. The Balaban J connectivity index is 1.41. The van der Waals surface area contributed by atoms with E-state index in [1.165, 1.54) is 16.8 Å². The number of aliphatic hydroxyl groups excluding tert-OH is 1. The van der Waals surface area contributed by atoms with Gasteiger partial charge in [0.2, 0.25) is 5.95 Å². The lowest BCUT2D eigenvalue weighted by Crippen LogP contribution is -2.41. The molecule has 16 heteroatoms. The number of hydrogen-bond donors (Lipinski definition) is 5. The fourth-order valence-corrected chi connectivity index (χ4v) is 4.37. The van der Waals surface area contributed by atoms with Gasteiger partial charge in [0.25, 0.3) is 0 Å². The fraction of sp³-hybridized carbons (Fsp3) is 0.300. The minimum atomic E-state index is -5.87. The van der Waals surface area contributed by atoms with Crippen molar-refractivity contribution in [2.45, 2.75) is 38.6 Å². The largest absolute Gasteiger partial charge is 0.499 e. The van der Waals surface area contributed by atoms with Crippen LogP contribution in [0.3, 0.4) is 0 Å². The molecule has 0 unspecified atom stereocenters. The van der Waals surface area contributed by atoms with Crippen LogP contribution in [0, 0.1) is 0 Å². The van der Waals surface area contributed by atoms with E-state index < -0.39 is 18.0 Å². The highest BCUT2D eigenvalue weighted by Gasteiger charge is 2.61. The molecule has 0 aliphatic rings. The first-order valence-electron chi connectivity index (χ1n) is 13.9. The number of halogens is 5. The number of nitrogens with one attached hydrogen (secondary N) is 4. The van der Waals surface area contributed by atoms with Gasteiger partial charge in [-0.05, 0) is 59.6 Å². The van der Waals surface area contributed by atoms with E-state index in [1.807, 2.05) is 30.3 Å². The summed E-state index contributed by atoms with van der Waals surface area (Å²) in [6.45, 7) is 4.50. The second kappa shape index (κ2) is 14.7. The number of thiocarbonyl (C=S) groups is 1. The number of alkyl halides is 5. The van der Waals surface area contributed by atoms with Crippen molar-refractivity contribution in [3.8, 4) is 28.6 Å². The van der Waals surface area contributed by atoms with Crippen molar-refractivity contribution in [3.05, 3.63) is 77.9 Å². The molecule has 0 saturated carbocycles. The summed E-state index contributed by atoms with van der Waals surface area (Å²) < 4.78 is 74.6. The molecular formula is C30H32F5N7O3S. The molecule has 0 radical (unpaired) electrons. The van der Waals surface area contributed by atoms with Gasteiger partial charge in [0.15, 0.2) is 10.9 Å². The zero-order valence-electron chi connectivity index (χ0n) is 25.0. The van der Waals surface area contributed by atoms with Crippen LogP contribution in [-0.4, -0.2) is 57.5 Å². The molecule has 1 aromatic heterocycles. The number of benzene rings is 3. The lowest BCUT2D eigenvalue weighted by Gasteiger charge is -2.20. The first-order valence-corrected chi connectivity index (χ1v) is 14.3. The second-order valence-corrected chi connectivity index (χ2v) is 10.6. The number of nitrogens with zero attached hydrogens (tertiary/aromatic N) is 3. The molecule has 10 nitrogen and oxygen atoms in total. The zero-order valence-corrected chi connectivity index (χ0v) is 25.8. The summed E-state index contributed by atoms with van der Waals surface area (Å²) in [7, 11) is 1.60. The molecule has 0 atom stereocenters. The summed E-state index contributed by atoms with van der Waals surface area (Å²) in [5.41, 5.74) is 9.81. The SMILES string of the molecule is COc1ccc(C(C)C)c(NC(=S)NNCc2ccc(-c3nc(NCCO)n(-c4ccc(OC(F)(F)C(F)(F)F)cc4)n3)cc2)c1. The van der Waals surface area contributed by atoms with Crippen LogP contribution in [0.15, 0.2) is 66.7 Å². The van der Waals surface area contributed by atoms with Crippen LogP contribution in [0.1, 0.15) is 30.9 Å². The van der Waals surface area contributed by atoms with Crippen LogP contribution in [-0.2, 0) is 6.54 Å². The average molecular weight is 666 g/mol. The average Bonchev–Trinajstić information content (AvgIpc) is 3.44. The molecule has 0 saturated heterocycles. The van der Waals surface area contributed by atoms with Gasteiger partial charge >= 0.3 is 12.3 Å². The van der Waals surface area contributed by atoms with Gasteiger partial charge in [-0.1, -0.05) is 44.2 Å².